The summed E-state index contributed by atoms with van der Waals surface area (Å²) in [6.07, 6.45) is 2.46. The number of aryl methyl sites for hydroxylation is 2. The van der Waals surface area contributed by atoms with E-state index in [1.165, 1.54) is 11.1 Å². The summed E-state index contributed by atoms with van der Waals surface area (Å²) in [5.41, 5.74) is 7.67. The third kappa shape index (κ3) is 4.31. The fraction of sp³-hybridized carbons (Fsp3) is 0.348. The lowest BCUT2D eigenvalue weighted by Gasteiger charge is -2.25. The fourth-order valence-electron chi connectivity index (χ4n) is 3.66. The predicted molar refractivity (Wildman–Crippen MR) is 119 cm³/mol. The lowest BCUT2D eigenvalue weighted by atomic mass is 9.87. The molecule has 0 saturated carbocycles. The Morgan fingerprint density at radius 2 is 1.68 bits per heavy atom. The number of hydrogen-bond donors (Lipinski definition) is 3. The number of carbonyl (C=O) groups excluding carboxylic acids is 1. The molecular weight excluding hydrogens is 416 g/mol. The van der Waals surface area contributed by atoms with Crippen LogP contribution in [0.3, 0.4) is 0 Å². The molecule has 148 valence electrons. The molecule has 0 spiro atoms. The second-order valence-corrected chi connectivity index (χ2v) is 8.14. The number of Topliss-reactive ketones (excluding diaryl/α,β-unsaturated/α-hetero) is 1. The predicted octanol–water partition coefficient (Wildman–Crippen LogP) is 5.65. The van der Waals surface area contributed by atoms with Gasteiger partial charge in [-0.3, -0.25) is 4.79 Å². The van der Waals surface area contributed by atoms with E-state index in [9.17, 15) is 4.79 Å². The van der Waals surface area contributed by atoms with Gasteiger partial charge in [-0.2, -0.15) is 0 Å². The summed E-state index contributed by atoms with van der Waals surface area (Å²) in [6, 6.07) is 12.5. The molecule has 0 saturated heterocycles. The number of benzene rings is 2. The molecule has 1 unspecified atom stereocenters. The van der Waals surface area contributed by atoms with Gasteiger partial charge < -0.3 is 15.7 Å². The largest absolute Gasteiger partial charge is 0.397 e. The van der Waals surface area contributed by atoms with E-state index in [2.05, 4.69) is 64.7 Å². The van der Waals surface area contributed by atoms with Gasteiger partial charge in [-0.25, -0.2) is 0 Å². The second kappa shape index (κ2) is 8.93. The molecule has 0 fully saturated rings. The summed E-state index contributed by atoms with van der Waals surface area (Å²) in [7, 11) is 0. The summed E-state index contributed by atoms with van der Waals surface area (Å²) >= 11 is 3.50. The third-order valence-electron chi connectivity index (χ3n) is 5.17. The molecule has 28 heavy (non-hydrogen) atoms. The summed E-state index contributed by atoms with van der Waals surface area (Å²) in [5, 5.41) is 14.8. The number of anilines is 2. The highest BCUT2D eigenvalue weighted by molar-refractivity contribution is 9.10. The lowest BCUT2D eigenvalue weighted by molar-refractivity contribution is -0.116. The summed E-state index contributed by atoms with van der Waals surface area (Å²) in [5.74, 6) is 0.246. The topological polar surface area (TPSA) is 61.4 Å². The Morgan fingerprint density at radius 1 is 1.07 bits per heavy atom. The first kappa shape index (κ1) is 20.6. The quantitative estimate of drug-likeness (QED) is 0.533. The van der Waals surface area contributed by atoms with Gasteiger partial charge in [-0.05, 0) is 74.6 Å². The second-order valence-electron chi connectivity index (χ2n) is 7.22. The molecule has 1 aliphatic heterocycles. The maximum atomic E-state index is 12.8. The molecule has 1 heterocycles. The molecule has 0 radical (unpaired) electrons. The molecule has 3 N–H and O–H groups in total. The van der Waals surface area contributed by atoms with Crippen molar-refractivity contribution < 1.29 is 9.90 Å². The van der Waals surface area contributed by atoms with Crippen molar-refractivity contribution in [2.75, 3.05) is 17.2 Å². The maximum Gasteiger partial charge on any atom is 0.163 e. The van der Waals surface area contributed by atoms with Crippen molar-refractivity contribution in [1.29, 1.82) is 0 Å². The zero-order chi connectivity index (χ0) is 20.3. The first-order chi connectivity index (χ1) is 13.4. The van der Waals surface area contributed by atoms with Gasteiger partial charge in [0, 0.05) is 28.8 Å². The van der Waals surface area contributed by atoms with Gasteiger partial charge in [0.15, 0.2) is 5.78 Å². The normalized spacial score (nSPS) is 18.0. The number of carbonyl (C=O) groups is 1. The van der Waals surface area contributed by atoms with E-state index in [1.807, 2.05) is 12.1 Å². The molecule has 4 nitrogen and oxygen atoms in total. The van der Waals surface area contributed by atoms with Crippen LogP contribution in [0.1, 0.15) is 48.9 Å². The zero-order valence-corrected chi connectivity index (χ0v) is 18.2. The lowest BCUT2D eigenvalue weighted by Crippen LogP contribution is -2.23. The Bertz CT molecular complexity index is 904. The van der Waals surface area contributed by atoms with Gasteiger partial charge in [0.05, 0.1) is 17.4 Å². The standard InChI is InChI=1S/C21H21BrN2O.C2H6O/c1-12-10-17-18(11-13(12)2)24-21(14-6-8-15(22)9-7-14)20-16(23-17)4-3-5-19(20)25;1-2-3/h6-11,21,23-24H,3-5H2,1-2H3;3H,2H2,1H3. The van der Waals surface area contributed by atoms with Gasteiger partial charge in [0.2, 0.25) is 0 Å². The summed E-state index contributed by atoms with van der Waals surface area (Å²) in [6.45, 7) is 6.17. The highest BCUT2D eigenvalue weighted by atomic mass is 79.9. The number of fused-ring (bicyclic) bond motifs is 1. The summed E-state index contributed by atoms with van der Waals surface area (Å²) in [4.78, 5) is 12.8. The number of aliphatic hydroxyl groups excluding tert-OH is 1. The molecule has 2 aromatic carbocycles. The van der Waals surface area contributed by atoms with Crippen LogP contribution < -0.4 is 10.6 Å². The van der Waals surface area contributed by atoms with Crippen LogP contribution in [0, 0.1) is 13.8 Å². The van der Waals surface area contributed by atoms with Gasteiger partial charge in [0.25, 0.3) is 0 Å². The summed E-state index contributed by atoms with van der Waals surface area (Å²) < 4.78 is 1.04. The molecule has 1 aliphatic carbocycles. The number of hydrogen-bond acceptors (Lipinski definition) is 4. The minimum Gasteiger partial charge on any atom is -0.397 e. The SMILES string of the molecule is CCO.Cc1cc2c(cc1C)NC(c1ccc(Br)cc1)C1=C(CCCC1=O)N2. The van der Waals surface area contributed by atoms with Gasteiger partial charge in [0.1, 0.15) is 0 Å². The van der Waals surface area contributed by atoms with Crippen LogP contribution in [0.4, 0.5) is 11.4 Å². The van der Waals surface area contributed by atoms with Crippen molar-refractivity contribution in [2.45, 2.75) is 46.1 Å². The molecule has 1 atom stereocenters. The number of halogens is 1. The molecule has 0 amide bonds. The van der Waals surface area contributed by atoms with Crippen LogP contribution in [0.25, 0.3) is 0 Å². The average Bonchev–Trinajstić information content (AvgIpc) is 2.81. The monoisotopic (exact) mass is 442 g/mol. The van der Waals surface area contributed by atoms with Crippen LogP contribution in [0.2, 0.25) is 0 Å². The van der Waals surface area contributed by atoms with Gasteiger partial charge in [-0.15, -0.1) is 0 Å². The average molecular weight is 443 g/mol. The molecular formula is C23H27BrN2O2. The van der Waals surface area contributed by atoms with Crippen LogP contribution in [-0.2, 0) is 4.79 Å². The van der Waals surface area contributed by atoms with E-state index in [0.717, 1.165) is 45.5 Å². The Balaban J connectivity index is 0.000000706. The van der Waals surface area contributed by atoms with E-state index >= 15 is 0 Å². The molecule has 4 rings (SSSR count). The van der Waals surface area contributed by atoms with Crippen molar-refractivity contribution in [1.82, 2.24) is 0 Å². The van der Waals surface area contributed by atoms with Crippen molar-refractivity contribution in [3.63, 3.8) is 0 Å². The Morgan fingerprint density at radius 3 is 2.32 bits per heavy atom. The van der Waals surface area contributed by atoms with E-state index in [4.69, 9.17) is 5.11 Å². The molecule has 2 aromatic rings. The van der Waals surface area contributed by atoms with Crippen molar-refractivity contribution in [3.8, 4) is 0 Å². The molecule has 2 aliphatic rings. The minimum atomic E-state index is -0.119. The van der Waals surface area contributed by atoms with E-state index < -0.39 is 0 Å². The van der Waals surface area contributed by atoms with Crippen LogP contribution >= 0.6 is 15.9 Å². The number of nitrogens with one attached hydrogen (secondary N) is 2. The minimum absolute atomic E-state index is 0.119. The smallest absolute Gasteiger partial charge is 0.163 e. The first-order valence-corrected chi connectivity index (χ1v) is 10.5. The number of ketones is 1. The van der Waals surface area contributed by atoms with Gasteiger partial charge in [-0.1, -0.05) is 28.1 Å². The van der Waals surface area contributed by atoms with Crippen LogP contribution in [0.5, 0.6) is 0 Å². The highest BCUT2D eigenvalue weighted by Gasteiger charge is 2.32. The van der Waals surface area contributed by atoms with Crippen molar-refractivity contribution in [3.05, 3.63) is 68.8 Å². The first-order valence-electron chi connectivity index (χ1n) is 9.72. The Kier molecular flexibility index (Phi) is 6.57. The number of aliphatic hydroxyl groups is 1. The van der Waals surface area contributed by atoms with Crippen molar-refractivity contribution in [2.24, 2.45) is 0 Å². The van der Waals surface area contributed by atoms with E-state index in [-0.39, 0.29) is 18.4 Å². The molecule has 0 bridgehead atoms. The van der Waals surface area contributed by atoms with E-state index in [0.29, 0.717) is 6.42 Å². The maximum absolute atomic E-state index is 12.8. The van der Waals surface area contributed by atoms with Crippen LogP contribution in [0.15, 0.2) is 52.1 Å². The number of allylic oxidation sites excluding steroid dienone is 1. The number of rotatable bonds is 1. The highest BCUT2D eigenvalue weighted by Crippen LogP contribution is 2.41. The molecule has 5 heteroatoms. The zero-order valence-electron chi connectivity index (χ0n) is 16.6. The molecule has 0 aromatic heterocycles. The Hall–Kier alpha value is -2.11. The Labute approximate surface area is 175 Å². The van der Waals surface area contributed by atoms with Crippen LogP contribution in [-0.4, -0.2) is 17.5 Å². The third-order valence-corrected chi connectivity index (χ3v) is 5.70. The van der Waals surface area contributed by atoms with Gasteiger partial charge >= 0.3 is 0 Å². The van der Waals surface area contributed by atoms with E-state index in [1.54, 1.807) is 6.92 Å². The fourth-order valence-corrected chi connectivity index (χ4v) is 3.93. The van der Waals surface area contributed by atoms with Crippen molar-refractivity contribution >= 4 is 33.1 Å².